The predicted octanol–water partition coefficient (Wildman–Crippen LogP) is 6.67. The van der Waals surface area contributed by atoms with Gasteiger partial charge in [-0.15, -0.1) is 0 Å². The number of carbonyl (C=O) groups excluding carboxylic acids is 1. The normalized spacial score (nSPS) is 11.8. The second-order valence-corrected chi connectivity index (χ2v) is 11.5. The van der Waals surface area contributed by atoms with Crippen molar-refractivity contribution >= 4 is 29.3 Å². The van der Waals surface area contributed by atoms with Gasteiger partial charge in [0, 0.05) is 43.2 Å². The van der Waals surface area contributed by atoms with Gasteiger partial charge in [-0.3, -0.25) is 14.7 Å². The van der Waals surface area contributed by atoms with Crippen molar-refractivity contribution in [3.63, 3.8) is 0 Å². The summed E-state index contributed by atoms with van der Waals surface area (Å²) >= 11 is 7.24. The van der Waals surface area contributed by atoms with Crippen molar-refractivity contribution in [2.24, 2.45) is 0 Å². The fourth-order valence-corrected chi connectivity index (χ4v) is 5.63. The maximum atomic E-state index is 13.6. The van der Waals surface area contributed by atoms with E-state index < -0.39 is 5.82 Å². The molecule has 0 fully saturated rings. The minimum atomic E-state index is -0.472. The quantitative estimate of drug-likeness (QED) is 0.139. The average molecular weight is 620 g/mol. The van der Waals surface area contributed by atoms with E-state index in [-0.39, 0.29) is 34.8 Å². The number of H-pyrrole nitrogens is 1. The Hall–Kier alpha value is -4.28. The van der Waals surface area contributed by atoms with Crippen molar-refractivity contribution < 1.29 is 13.6 Å². The first-order valence-electron chi connectivity index (χ1n) is 13.4. The molecule has 3 aromatic carbocycles. The maximum Gasteiger partial charge on any atom is 0.277 e. The number of thioether (sulfide) groups is 1. The molecule has 5 aromatic rings. The largest absolute Gasteiger partial charge is 0.340 e. The molecule has 220 valence electrons. The summed E-state index contributed by atoms with van der Waals surface area (Å²) in [5, 5.41) is 7.19. The van der Waals surface area contributed by atoms with Crippen LogP contribution in [0.3, 0.4) is 0 Å². The van der Waals surface area contributed by atoms with Crippen LogP contribution in [0.15, 0.2) is 95.3 Å². The summed E-state index contributed by atoms with van der Waals surface area (Å²) in [6.45, 7) is 2.20. The maximum absolute atomic E-state index is 13.6. The van der Waals surface area contributed by atoms with Crippen LogP contribution < -0.4 is 5.56 Å². The third kappa shape index (κ3) is 7.39. The number of nitrogens with one attached hydrogen (secondary N) is 1. The molecule has 0 spiro atoms. The number of aromatic nitrogens is 4. The van der Waals surface area contributed by atoms with Gasteiger partial charge in [0.05, 0.1) is 11.2 Å². The predicted molar refractivity (Wildman–Crippen MR) is 164 cm³/mol. The number of nitrogens with zero attached hydrogens (tertiary/aromatic N) is 4. The van der Waals surface area contributed by atoms with E-state index in [1.165, 1.54) is 30.0 Å². The molecule has 5 rings (SSSR count). The van der Waals surface area contributed by atoms with E-state index in [1.54, 1.807) is 59.4 Å². The zero-order valence-electron chi connectivity index (χ0n) is 23.4. The van der Waals surface area contributed by atoms with Crippen LogP contribution in [0.1, 0.15) is 35.1 Å². The lowest BCUT2D eigenvalue weighted by atomic mass is 9.98. The Morgan fingerprint density at radius 2 is 1.74 bits per heavy atom. The topological polar surface area (TPSA) is 83.9 Å². The van der Waals surface area contributed by atoms with Crippen LogP contribution in [0.5, 0.6) is 0 Å². The molecule has 0 bridgehead atoms. The highest BCUT2D eigenvalue weighted by Crippen LogP contribution is 2.27. The summed E-state index contributed by atoms with van der Waals surface area (Å²) < 4.78 is 28.6. The summed E-state index contributed by atoms with van der Waals surface area (Å²) in [7, 11) is 1.71. The van der Waals surface area contributed by atoms with Crippen LogP contribution in [0, 0.1) is 11.6 Å². The Bertz CT molecular complexity index is 1780. The summed E-state index contributed by atoms with van der Waals surface area (Å²) in [6, 6.07) is 18.3. The number of carbonyl (C=O) groups is 1. The smallest absolute Gasteiger partial charge is 0.277 e. The van der Waals surface area contributed by atoms with Gasteiger partial charge < -0.3 is 9.47 Å². The summed E-state index contributed by atoms with van der Waals surface area (Å²) in [4.78, 5) is 32.4. The number of halogens is 3. The van der Waals surface area contributed by atoms with E-state index in [1.807, 2.05) is 31.2 Å². The van der Waals surface area contributed by atoms with Gasteiger partial charge in [0.2, 0.25) is 5.91 Å². The second kappa shape index (κ2) is 13.4. The number of hydrogen-bond donors (Lipinski definition) is 1. The van der Waals surface area contributed by atoms with Crippen LogP contribution in [-0.4, -0.2) is 37.6 Å². The van der Waals surface area contributed by atoms with Gasteiger partial charge in [0.1, 0.15) is 18.2 Å². The van der Waals surface area contributed by atoms with Gasteiger partial charge in [-0.25, -0.2) is 8.78 Å². The summed E-state index contributed by atoms with van der Waals surface area (Å²) in [6.07, 6.45) is 5.06. The molecule has 1 unspecified atom stereocenters. The van der Waals surface area contributed by atoms with E-state index in [0.29, 0.717) is 23.0 Å². The van der Waals surface area contributed by atoms with Crippen LogP contribution in [0.2, 0.25) is 5.02 Å². The Morgan fingerprint density at radius 3 is 2.42 bits per heavy atom. The van der Waals surface area contributed by atoms with E-state index >= 15 is 0 Å². The molecule has 7 nitrogen and oxygen atoms in total. The van der Waals surface area contributed by atoms with E-state index in [4.69, 9.17) is 11.6 Å². The Balaban J connectivity index is 1.34. The number of likely N-dealkylation sites (N-methyl/N-ethyl adjacent to an activating group) is 1. The lowest BCUT2D eigenvalue weighted by Crippen LogP contribution is -2.31. The monoisotopic (exact) mass is 619 g/mol. The number of aromatic amines is 1. The van der Waals surface area contributed by atoms with Crippen molar-refractivity contribution in [2.75, 3.05) is 7.05 Å². The lowest BCUT2D eigenvalue weighted by Gasteiger charge is -2.21. The molecule has 0 radical (unpaired) electrons. The van der Waals surface area contributed by atoms with E-state index in [9.17, 15) is 18.4 Å². The molecule has 0 saturated heterocycles. The second-order valence-electron chi connectivity index (χ2n) is 10.2. The molecule has 2 aromatic heterocycles. The molecule has 0 aliphatic rings. The first-order chi connectivity index (χ1) is 20.7. The standard InChI is InChI=1S/C32H28ClF2N5O2S/c1-20(25-14-36-37-15-25)27-17-40(32(38-31(27)42)43-19-22-5-10-26(34)11-6-22)18-30(41)39(2)16-21-3-7-23(8-4-21)24-9-12-29(35)28(33)13-24/h3-15,17,20H,16,18-19H2,1-2H3,(H,36,37). The van der Waals surface area contributed by atoms with Gasteiger partial charge in [-0.2, -0.15) is 10.1 Å². The highest BCUT2D eigenvalue weighted by Gasteiger charge is 2.20. The van der Waals surface area contributed by atoms with Gasteiger partial charge in [-0.05, 0) is 52.1 Å². The number of rotatable bonds is 10. The molecule has 11 heteroatoms. The zero-order valence-corrected chi connectivity index (χ0v) is 25.0. The average Bonchev–Trinajstić information content (AvgIpc) is 3.54. The first-order valence-corrected chi connectivity index (χ1v) is 14.8. The third-order valence-electron chi connectivity index (χ3n) is 7.11. The van der Waals surface area contributed by atoms with E-state index in [2.05, 4.69) is 15.2 Å². The SMILES string of the molecule is CC(c1cn[nH]c1)c1cn(CC(=O)N(C)Cc2ccc(-c3ccc(F)c(Cl)c3)cc2)c(SCc2ccc(F)cc2)nc1=O. The summed E-state index contributed by atoms with van der Waals surface area (Å²) in [5.41, 5.74) is 4.32. The molecule has 1 N–H and O–H groups in total. The Labute approximate surface area is 256 Å². The highest BCUT2D eigenvalue weighted by molar-refractivity contribution is 7.98. The van der Waals surface area contributed by atoms with Crippen LogP contribution in [0.25, 0.3) is 11.1 Å². The fourth-order valence-electron chi connectivity index (χ4n) is 4.53. The number of benzene rings is 3. The molecular weight excluding hydrogens is 592 g/mol. The molecule has 0 aliphatic heterocycles. The molecule has 0 aliphatic carbocycles. The Kier molecular flexibility index (Phi) is 9.37. The van der Waals surface area contributed by atoms with Crippen LogP contribution >= 0.6 is 23.4 Å². The van der Waals surface area contributed by atoms with Crippen molar-refractivity contribution in [2.45, 2.75) is 36.8 Å². The van der Waals surface area contributed by atoms with Crippen molar-refractivity contribution in [1.82, 2.24) is 24.6 Å². The number of hydrogen-bond acceptors (Lipinski definition) is 5. The van der Waals surface area contributed by atoms with Gasteiger partial charge in [-0.1, -0.05) is 72.8 Å². The van der Waals surface area contributed by atoms with E-state index in [0.717, 1.165) is 27.8 Å². The molecule has 0 saturated carbocycles. The highest BCUT2D eigenvalue weighted by atomic mass is 35.5. The molecule has 43 heavy (non-hydrogen) atoms. The summed E-state index contributed by atoms with van der Waals surface area (Å²) in [5.74, 6) is -0.822. The first kappa shape index (κ1) is 30.2. The number of amides is 1. The fraction of sp³-hybridized carbons (Fsp3) is 0.188. The lowest BCUT2D eigenvalue weighted by molar-refractivity contribution is -0.131. The minimum Gasteiger partial charge on any atom is -0.340 e. The third-order valence-corrected chi connectivity index (χ3v) is 8.46. The van der Waals surface area contributed by atoms with Crippen LogP contribution in [0.4, 0.5) is 8.78 Å². The molecular formula is C32H28ClF2N5O2S. The van der Waals surface area contributed by atoms with Gasteiger partial charge in [0.25, 0.3) is 5.56 Å². The minimum absolute atomic E-state index is 0.0349. The van der Waals surface area contributed by atoms with Crippen molar-refractivity contribution in [3.05, 3.63) is 135 Å². The van der Waals surface area contributed by atoms with Gasteiger partial charge in [0.15, 0.2) is 5.16 Å². The van der Waals surface area contributed by atoms with Gasteiger partial charge >= 0.3 is 0 Å². The molecule has 1 atom stereocenters. The van der Waals surface area contributed by atoms with Crippen molar-refractivity contribution in [3.8, 4) is 11.1 Å². The van der Waals surface area contributed by atoms with Crippen molar-refractivity contribution in [1.29, 1.82) is 0 Å². The molecule has 2 heterocycles. The Morgan fingerprint density at radius 1 is 1.05 bits per heavy atom. The zero-order chi connectivity index (χ0) is 30.5. The van der Waals surface area contributed by atoms with Crippen LogP contribution in [-0.2, 0) is 23.6 Å². The molecule has 1 amide bonds.